The van der Waals surface area contributed by atoms with E-state index in [-0.39, 0.29) is 18.0 Å². The molecule has 1 heterocycles. The average molecular weight is 278 g/mol. The topological polar surface area (TPSA) is 26.3 Å². The predicted octanol–water partition coefficient (Wildman–Crippen LogP) is 4.35. The highest BCUT2D eigenvalue weighted by atomic mass is 16.5. The molecule has 106 valence electrons. The van der Waals surface area contributed by atoms with Crippen LogP contribution >= 0.6 is 0 Å². The molecule has 2 nitrogen and oxygen atoms in total. The van der Waals surface area contributed by atoms with E-state index in [0.29, 0.717) is 6.42 Å². The molecule has 0 amide bonds. The Morgan fingerprint density at radius 1 is 1.00 bits per heavy atom. The fourth-order valence-corrected chi connectivity index (χ4v) is 2.59. The maximum atomic E-state index is 12.2. The lowest BCUT2D eigenvalue weighted by atomic mass is 10.00. The van der Waals surface area contributed by atoms with Crippen molar-refractivity contribution >= 4 is 5.78 Å². The number of rotatable bonds is 4. The first-order valence-electron chi connectivity index (χ1n) is 7.28. The summed E-state index contributed by atoms with van der Waals surface area (Å²) in [5.74, 6) is 0.124. The minimum Gasteiger partial charge on any atom is -0.365 e. The standard InChI is InChI=1S/C19H18O2/c20-18(15-8-3-1-4-9-15)14-17-12-7-13-19(21-17)16-10-5-2-6-11-16/h1-12,17,19H,13-14H2/t17-,19+/m0/s1. The van der Waals surface area contributed by atoms with Crippen LogP contribution in [0.3, 0.4) is 0 Å². The zero-order valence-electron chi connectivity index (χ0n) is 11.8. The van der Waals surface area contributed by atoms with Gasteiger partial charge in [-0.3, -0.25) is 4.79 Å². The molecule has 2 atom stereocenters. The summed E-state index contributed by atoms with van der Waals surface area (Å²) in [5, 5.41) is 0. The SMILES string of the molecule is O=C(C[C@@H]1C=CC[C@H](c2ccccc2)O1)c1ccccc1. The Balaban J connectivity index is 1.66. The van der Waals surface area contributed by atoms with Gasteiger partial charge in [0.2, 0.25) is 0 Å². The number of Topliss-reactive ketones (excluding diaryl/α,β-unsaturated/α-hetero) is 1. The van der Waals surface area contributed by atoms with Gasteiger partial charge in [-0.05, 0) is 12.0 Å². The Hall–Kier alpha value is -2.19. The molecule has 0 spiro atoms. The lowest BCUT2D eigenvalue weighted by Crippen LogP contribution is -2.21. The summed E-state index contributed by atoms with van der Waals surface area (Å²) in [4.78, 5) is 12.2. The first-order chi connectivity index (χ1) is 10.3. The Morgan fingerprint density at radius 3 is 2.38 bits per heavy atom. The highest BCUT2D eigenvalue weighted by molar-refractivity contribution is 5.96. The number of carbonyl (C=O) groups is 1. The molecule has 0 saturated carbocycles. The largest absolute Gasteiger partial charge is 0.365 e. The van der Waals surface area contributed by atoms with Crippen molar-refractivity contribution in [1.82, 2.24) is 0 Å². The van der Waals surface area contributed by atoms with E-state index < -0.39 is 0 Å². The van der Waals surface area contributed by atoms with Crippen LogP contribution in [0.1, 0.15) is 34.9 Å². The van der Waals surface area contributed by atoms with Crippen LogP contribution in [0, 0.1) is 0 Å². The van der Waals surface area contributed by atoms with Gasteiger partial charge in [-0.15, -0.1) is 0 Å². The second kappa shape index (κ2) is 6.51. The van der Waals surface area contributed by atoms with E-state index in [1.807, 2.05) is 54.6 Å². The van der Waals surface area contributed by atoms with Crippen molar-refractivity contribution < 1.29 is 9.53 Å². The quantitative estimate of drug-likeness (QED) is 0.614. The molecular weight excluding hydrogens is 260 g/mol. The molecule has 21 heavy (non-hydrogen) atoms. The molecule has 1 aliphatic rings. The Morgan fingerprint density at radius 2 is 1.67 bits per heavy atom. The molecule has 1 aliphatic heterocycles. The molecule has 0 unspecified atom stereocenters. The number of ketones is 1. The third-order valence-electron chi connectivity index (χ3n) is 3.69. The first-order valence-corrected chi connectivity index (χ1v) is 7.28. The van der Waals surface area contributed by atoms with Crippen LogP contribution in [0.2, 0.25) is 0 Å². The number of carbonyl (C=O) groups excluding carboxylic acids is 1. The van der Waals surface area contributed by atoms with Crippen molar-refractivity contribution in [3.63, 3.8) is 0 Å². The second-order valence-corrected chi connectivity index (χ2v) is 5.23. The molecule has 0 fully saturated rings. The van der Waals surface area contributed by atoms with Gasteiger partial charge in [-0.1, -0.05) is 72.8 Å². The van der Waals surface area contributed by atoms with E-state index in [1.54, 1.807) is 0 Å². The molecule has 0 aromatic heterocycles. The third kappa shape index (κ3) is 3.47. The molecule has 0 radical (unpaired) electrons. The number of benzene rings is 2. The molecule has 0 saturated heterocycles. The van der Waals surface area contributed by atoms with Gasteiger partial charge in [-0.25, -0.2) is 0 Å². The minimum atomic E-state index is -0.142. The van der Waals surface area contributed by atoms with Gasteiger partial charge in [0.15, 0.2) is 5.78 Å². The summed E-state index contributed by atoms with van der Waals surface area (Å²) in [6, 6.07) is 19.6. The van der Waals surface area contributed by atoms with E-state index in [9.17, 15) is 4.79 Å². The van der Waals surface area contributed by atoms with E-state index >= 15 is 0 Å². The maximum absolute atomic E-state index is 12.2. The summed E-state index contributed by atoms with van der Waals surface area (Å²) in [5.41, 5.74) is 1.91. The highest BCUT2D eigenvalue weighted by Gasteiger charge is 2.22. The molecular formula is C19H18O2. The molecule has 0 bridgehead atoms. The van der Waals surface area contributed by atoms with Crippen molar-refractivity contribution in [3.05, 3.63) is 83.9 Å². The van der Waals surface area contributed by atoms with Gasteiger partial charge in [0.05, 0.1) is 12.2 Å². The van der Waals surface area contributed by atoms with Crippen LogP contribution in [0.15, 0.2) is 72.8 Å². The summed E-state index contributed by atoms with van der Waals surface area (Å²) in [6.07, 6.45) is 5.27. The van der Waals surface area contributed by atoms with Crippen molar-refractivity contribution in [2.45, 2.75) is 25.0 Å². The van der Waals surface area contributed by atoms with Crippen molar-refractivity contribution in [2.75, 3.05) is 0 Å². The Labute approximate surface area is 125 Å². The monoisotopic (exact) mass is 278 g/mol. The number of hydrogen-bond donors (Lipinski definition) is 0. The zero-order chi connectivity index (χ0) is 14.5. The van der Waals surface area contributed by atoms with E-state index in [1.165, 1.54) is 5.56 Å². The van der Waals surface area contributed by atoms with Gasteiger partial charge in [0, 0.05) is 12.0 Å². The van der Waals surface area contributed by atoms with Crippen molar-refractivity contribution in [3.8, 4) is 0 Å². The fourth-order valence-electron chi connectivity index (χ4n) is 2.59. The number of hydrogen-bond acceptors (Lipinski definition) is 2. The van der Waals surface area contributed by atoms with Crippen molar-refractivity contribution in [1.29, 1.82) is 0 Å². The van der Waals surface area contributed by atoms with Gasteiger partial charge in [0.25, 0.3) is 0 Å². The molecule has 0 aliphatic carbocycles. The van der Waals surface area contributed by atoms with Gasteiger partial charge < -0.3 is 4.74 Å². The minimum absolute atomic E-state index is 0.0461. The van der Waals surface area contributed by atoms with Crippen LogP contribution in [0.5, 0.6) is 0 Å². The van der Waals surface area contributed by atoms with E-state index in [0.717, 1.165) is 12.0 Å². The summed E-state index contributed by atoms with van der Waals surface area (Å²) < 4.78 is 6.06. The molecule has 2 aromatic carbocycles. The molecule has 2 heteroatoms. The summed E-state index contributed by atoms with van der Waals surface area (Å²) in [7, 11) is 0. The van der Waals surface area contributed by atoms with Gasteiger partial charge in [-0.2, -0.15) is 0 Å². The molecule has 0 N–H and O–H groups in total. The lowest BCUT2D eigenvalue weighted by Gasteiger charge is -2.26. The molecule has 3 rings (SSSR count). The second-order valence-electron chi connectivity index (χ2n) is 5.23. The average Bonchev–Trinajstić information content (AvgIpc) is 2.57. The number of ether oxygens (including phenoxy) is 1. The van der Waals surface area contributed by atoms with Crippen LogP contribution in [0.4, 0.5) is 0 Å². The fraction of sp³-hybridized carbons (Fsp3) is 0.211. The van der Waals surface area contributed by atoms with Crippen molar-refractivity contribution in [2.24, 2.45) is 0 Å². The van der Waals surface area contributed by atoms with E-state index in [4.69, 9.17) is 4.74 Å². The third-order valence-corrected chi connectivity index (χ3v) is 3.69. The summed E-state index contributed by atoms with van der Waals surface area (Å²) in [6.45, 7) is 0. The van der Waals surface area contributed by atoms with E-state index in [2.05, 4.69) is 18.2 Å². The normalized spacial score (nSPS) is 21.1. The summed E-state index contributed by atoms with van der Waals surface area (Å²) >= 11 is 0. The van der Waals surface area contributed by atoms with Crippen LogP contribution in [0.25, 0.3) is 0 Å². The maximum Gasteiger partial charge on any atom is 0.165 e. The smallest absolute Gasteiger partial charge is 0.165 e. The predicted molar refractivity (Wildman–Crippen MR) is 83.2 cm³/mol. The van der Waals surface area contributed by atoms with Crippen LogP contribution < -0.4 is 0 Å². The highest BCUT2D eigenvalue weighted by Crippen LogP contribution is 2.28. The van der Waals surface area contributed by atoms with Gasteiger partial charge >= 0.3 is 0 Å². The first kappa shape index (κ1) is 13.8. The lowest BCUT2D eigenvalue weighted by molar-refractivity contribution is 0.00297. The Bertz CT molecular complexity index is 617. The molecule has 2 aromatic rings. The zero-order valence-corrected chi connectivity index (χ0v) is 11.8. The van der Waals surface area contributed by atoms with Gasteiger partial charge in [0.1, 0.15) is 0 Å². The van der Waals surface area contributed by atoms with Crippen LogP contribution in [-0.4, -0.2) is 11.9 Å². The Kier molecular flexibility index (Phi) is 4.27. The van der Waals surface area contributed by atoms with Crippen LogP contribution in [-0.2, 0) is 4.74 Å².